The average molecular weight is 311 g/mol. The van der Waals surface area contributed by atoms with E-state index in [1.165, 1.54) is 0 Å². The maximum atomic E-state index is 12.9. The lowest BCUT2D eigenvalue weighted by Crippen LogP contribution is -2.43. The summed E-state index contributed by atoms with van der Waals surface area (Å²) in [6, 6.07) is 8.29. The van der Waals surface area contributed by atoms with Crippen LogP contribution in [0, 0.1) is 0 Å². The van der Waals surface area contributed by atoms with Gasteiger partial charge < -0.3 is 15.0 Å². The van der Waals surface area contributed by atoms with Gasteiger partial charge in [-0.2, -0.15) is 0 Å². The van der Waals surface area contributed by atoms with Crippen LogP contribution < -0.4 is 10.1 Å². The number of likely N-dealkylation sites (N-methyl/N-ethyl adjacent to an activating group) is 1. The highest BCUT2D eigenvalue weighted by molar-refractivity contribution is 5.85. The molecule has 2 atom stereocenters. The van der Waals surface area contributed by atoms with Gasteiger partial charge in [-0.1, -0.05) is 18.2 Å². The summed E-state index contributed by atoms with van der Waals surface area (Å²) in [6.45, 7) is 2.42. The summed E-state index contributed by atoms with van der Waals surface area (Å²) in [7, 11) is 1.95. The van der Waals surface area contributed by atoms with E-state index in [1.807, 2.05) is 31.3 Å². The minimum atomic E-state index is -0.0302. The van der Waals surface area contributed by atoms with Gasteiger partial charge in [-0.15, -0.1) is 12.4 Å². The lowest BCUT2D eigenvalue weighted by molar-refractivity contribution is -0.134. The fraction of sp³-hybridized carbons (Fsp3) is 0.562. The summed E-state index contributed by atoms with van der Waals surface area (Å²) in [5, 5.41) is 3.20. The molecule has 2 unspecified atom stereocenters. The Hall–Kier alpha value is -1.26. The number of amides is 1. The number of likely N-dealkylation sites (tertiary alicyclic amines) is 1. The molecule has 1 amide bonds. The van der Waals surface area contributed by atoms with E-state index < -0.39 is 0 Å². The molecule has 0 radical (unpaired) electrons. The predicted molar refractivity (Wildman–Crippen MR) is 85.2 cm³/mol. The van der Waals surface area contributed by atoms with E-state index in [4.69, 9.17) is 4.74 Å². The number of carbonyl (C=O) groups is 1. The molecule has 2 aliphatic rings. The van der Waals surface area contributed by atoms with Crippen LogP contribution in [0.4, 0.5) is 0 Å². The minimum Gasteiger partial charge on any atom is -0.493 e. The summed E-state index contributed by atoms with van der Waals surface area (Å²) in [5.41, 5.74) is 1.05. The van der Waals surface area contributed by atoms with Gasteiger partial charge in [0.2, 0.25) is 5.91 Å². The molecule has 1 aromatic carbocycles. The van der Waals surface area contributed by atoms with Crippen LogP contribution in [0.2, 0.25) is 0 Å². The van der Waals surface area contributed by atoms with Gasteiger partial charge in [0.1, 0.15) is 5.75 Å². The first-order valence-corrected chi connectivity index (χ1v) is 7.48. The molecular weight excluding hydrogens is 288 g/mol. The van der Waals surface area contributed by atoms with Crippen molar-refractivity contribution in [3.05, 3.63) is 29.8 Å². The summed E-state index contributed by atoms with van der Waals surface area (Å²) in [5.74, 6) is 1.12. The lowest BCUT2D eigenvalue weighted by Gasteiger charge is -2.32. The number of nitrogens with zero attached hydrogens (tertiary/aromatic N) is 1. The average Bonchev–Trinajstić information content (AvgIpc) is 2.94. The maximum absolute atomic E-state index is 12.9. The topological polar surface area (TPSA) is 41.6 Å². The van der Waals surface area contributed by atoms with Crippen molar-refractivity contribution in [3.63, 3.8) is 0 Å². The number of para-hydroxylation sites is 1. The van der Waals surface area contributed by atoms with Gasteiger partial charge >= 0.3 is 0 Å². The highest BCUT2D eigenvalue weighted by Crippen LogP contribution is 2.35. The molecule has 21 heavy (non-hydrogen) atoms. The second kappa shape index (κ2) is 7.14. The SMILES string of the molecule is CNCC1CCCN1C(=O)C1CCOc2ccccc21.Cl. The molecule has 1 fully saturated rings. The van der Waals surface area contributed by atoms with Gasteiger partial charge in [-0.25, -0.2) is 0 Å². The van der Waals surface area contributed by atoms with Crippen molar-refractivity contribution in [3.8, 4) is 5.75 Å². The molecule has 1 aromatic rings. The van der Waals surface area contributed by atoms with Crippen LogP contribution in [0.3, 0.4) is 0 Å². The first-order valence-electron chi connectivity index (χ1n) is 7.48. The van der Waals surface area contributed by atoms with E-state index in [1.54, 1.807) is 0 Å². The fourth-order valence-electron chi connectivity index (χ4n) is 3.37. The van der Waals surface area contributed by atoms with Gasteiger partial charge in [0.05, 0.1) is 12.5 Å². The highest BCUT2D eigenvalue weighted by Gasteiger charge is 2.35. The third-order valence-corrected chi connectivity index (χ3v) is 4.36. The summed E-state index contributed by atoms with van der Waals surface area (Å²) < 4.78 is 5.66. The molecule has 116 valence electrons. The van der Waals surface area contributed by atoms with Crippen molar-refractivity contribution in [1.82, 2.24) is 10.2 Å². The molecule has 2 heterocycles. The largest absolute Gasteiger partial charge is 0.493 e. The molecule has 0 bridgehead atoms. The molecule has 0 aliphatic carbocycles. The summed E-state index contributed by atoms with van der Waals surface area (Å²) >= 11 is 0. The number of hydrogen-bond acceptors (Lipinski definition) is 3. The zero-order valence-electron chi connectivity index (χ0n) is 12.4. The van der Waals surface area contributed by atoms with E-state index >= 15 is 0 Å². The molecule has 0 saturated carbocycles. The second-order valence-corrected chi connectivity index (χ2v) is 5.61. The van der Waals surface area contributed by atoms with Gasteiger partial charge in [-0.3, -0.25) is 4.79 Å². The third-order valence-electron chi connectivity index (χ3n) is 4.36. The van der Waals surface area contributed by atoms with Crippen molar-refractivity contribution in [2.45, 2.75) is 31.2 Å². The van der Waals surface area contributed by atoms with E-state index in [9.17, 15) is 4.79 Å². The monoisotopic (exact) mass is 310 g/mol. The Bertz CT molecular complexity index is 495. The zero-order chi connectivity index (χ0) is 13.9. The molecule has 0 aromatic heterocycles. The van der Waals surface area contributed by atoms with Gasteiger partial charge in [0.25, 0.3) is 0 Å². The Balaban J connectivity index is 0.00000161. The summed E-state index contributed by atoms with van der Waals surface area (Å²) in [6.07, 6.45) is 3.01. The number of rotatable bonds is 3. The number of ether oxygens (including phenoxy) is 1. The number of halogens is 1. The van der Waals surface area contributed by atoms with Crippen LogP contribution in [0.1, 0.15) is 30.7 Å². The van der Waals surface area contributed by atoms with Gasteiger partial charge in [0, 0.05) is 24.7 Å². The summed E-state index contributed by atoms with van der Waals surface area (Å²) in [4.78, 5) is 15.0. The molecule has 1 N–H and O–H groups in total. The normalized spacial score (nSPS) is 24.0. The Morgan fingerprint density at radius 2 is 2.19 bits per heavy atom. The number of hydrogen-bond donors (Lipinski definition) is 1. The standard InChI is InChI=1S/C16H22N2O2.ClH/c1-17-11-12-5-4-9-18(12)16(19)14-8-10-20-15-7-3-2-6-13(14)15;/h2-3,6-7,12,14,17H,4-5,8-11H2,1H3;1H. The smallest absolute Gasteiger partial charge is 0.230 e. The van der Waals surface area contributed by atoms with Crippen molar-refractivity contribution < 1.29 is 9.53 Å². The van der Waals surface area contributed by atoms with E-state index in [2.05, 4.69) is 10.2 Å². The van der Waals surface area contributed by atoms with E-state index in [0.717, 1.165) is 43.7 Å². The van der Waals surface area contributed by atoms with Crippen LogP contribution in [0.5, 0.6) is 5.75 Å². The molecule has 5 heteroatoms. The Morgan fingerprint density at radius 3 is 3.00 bits per heavy atom. The predicted octanol–water partition coefficient (Wildman–Crippen LogP) is 2.18. The van der Waals surface area contributed by atoms with Crippen LogP contribution in [-0.2, 0) is 4.79 Å². The van der Waals surface area contributed by atoms with Crippen molar-refractivity contribution in [1.29, 1.82) is 0 Å². The van der Waals surface area contributed by atoms with E-state index in [-0.39, 0.29) is 24.2 Å². The van der Waals surface area contributed by atoms with Crippen molar-refractivity contribution in [2.75, 3.05) is 26.7 Å². The second-order valence-electron chi connectivity index (χ2n) is 5.61. The van der Waals surface area contributed by atoms with Gasteiger partial charge in [-0.05, 0) is 32.4 Å². The van der Waals surface area contributed by atoms with E-state index in [0.29, 0.717) is 12.6 Å². The van der Waals surface area contributed by atoms with Crippen LogP contribution in [0.15, 0.2) is 24.3 Å². The van der Waals surface area contributed by atoms with Gasteiger partial charge in [0.15, 0.2) is 0 Å². The first-order chi connectivity index (χ1) is 9.81. The number of benzene rings is 1. The van der Waals surface area contributed by atoms with Crippen molar-refractivity contribution in [2.24, 2.45) is 0 Å². The number of fused-ring (bicyclic) bond motifs is 1. The van der Waals surface area contributed by atoms with Crippen LogP contribution >= 0.6 is 12.4 Å². The zero-order valence-corrected chi connectivity index (χ0v) is 13.2. The molecule has 2 aliphatic heterocycles. The first kappa shape index (κ1) is 16.1. The quantitative estimate of drug-likeness (QED) is 0.930. The van der Waals surface area contributed by atoms with Crippen LogP contribution in [-0.4, -0.2) is 43.6 Å². The minimum absolute atomic E-state index is 0. The molecular formula is C16H23ClN2O2. The molecule has 4 nitrogen and oxygen atoms in total. The maximum Gasteiger partial charge on any atom is 0.230 e. The molecule has 0 spiro atoms. The Labute approximate surface area is 132 Å². The highest BCUT2D eigenvalue weighted by atomic mass is 35.5. The number of carbonyl (C=O) groups excluding carboxylic acids is 1. The lowest BCUT2D eigenvalue weighted by atomic mass is 9.91. The number of nitrogens with one attached hydrogen (secondary N) is 1. The molecule has 1 saturated heterocycles. The third kappa shape index (κ3) is 3.16. The van der Waals surface area contributed by atoms with Crippen molar-refractivity contribution >= 4 is 18.3 Å². The Kier molecular flexibility index (Phi) is 5.48. The Morgan fingerprint density at radius 1 is 1.38 bits per heavy atom. The fourth-order valence-corrected chi connectivity index (χ4v) is 3.37. The van der Waals surface area contributed by atoms with Crippen LogP contribution in [0.25, 0.3) is 0 Å². The molecule has 3 rings (SSSR count).